The highest BCUT2D eigenvalue weighted by atomic mass is 35.5. The van der Waals surface area contributed by atoms with Gasteiger partial charge in [0.05, 0.1) is 10.9 Å². The van der Waals surface area contributed by atoms with Crippen LogP contribution in [-0.4, -0.2) is 16.6 Å². The van der Waals surface area contributed by atoms with Crippen molar-refractivity contribution in [3.8, 4) is 16.2 Å². The minimum atomic E-state index is -0.0998. The first kappa shape index (κ1) is 19.4. The third-order valence-corrected chi connectivity index (χ3v) is 5.99. The third-order valence-electron chi connectivity index (χ3n) is 4.96. The molecule has 4 rings (SSSR count). The van der Waals surface area contributed by atoms with Crippen molar-refractivity contribution in [2.24, 2.45) is 5.73 Å². The SMILES string of the molecule is Cc1cc(O)cc2c1[nH]c(=O)c1csc(-c3ccc([C@@H](C)CN)cc3)c12.Cl. The average Bonchev–Trinajstić information content (AvgIpc) is 3.08. The van der Waals surface area contributed by atoms with E-state index in [1.807, 2.05) is 12.3 Å². The molecule has 27 heavy (non-hydrogen) atoms. The molecule has 4 N–H and O–H groups in total. The molecule has 2 heterocycles. The number of aromatic hydroxyl groups is 1. The molecule has 0 bridgehead atoms. The Hall–Kier alpha value is -2.34. The van der Waals surface area contributed by atoms with Crippen LogP contribution in [0.3, 0.4) is 0 Å². The second kappa shape index (κ2) is 7.35. The van der Waals surface area contributed by atoms with E-state index in [9.17, 15) is 9.90 Å². The molecule has 0 saturated carbocycles. The maximum Gasteiger partial charge on any atom is 0.257 e. The normalized spacial score (nSPS) is 12.3. The van der Waals surface area contributed by atoms with Crippen LogP contribution in [-0.2, 0) is 0 Å². The Bertz CT molecular complexity index is 1180. The minimum absolute atomic E-state index is 0. The van der Waals surface area contributed by atoms with Crippen LogP contribution in [0.15, 0.2) is 46.6 Å². The number of phenolic OH excluding ortho intramolecular Hbond substituents is 1. The first-order chi connectivity index (χ1) is 12.5. The summed E-state index contributed by atoms with van der Waals surface area (Å²) in [5, 5.41) is 14.4. The fraction of sp³-hybridized carbons (Fsp3) is 0.190. The van der Waals surface area contributed by atoms with Crippen molar-refractivity contribution in [2.45, 2.75) is 19.8 Å². The number of aryl methyl sites for hydroxylation is 1. The van der Waals surface area contributed by atoms with Crippen LogP contribution in [0.1, 0.15) is 24.0 Å². The summed E-state index contributed by atoms with van der Waals surface area (Å²) in [6.45, 7) is 4.60. The summed E-state index contributed by atoms with van der Waals surface area (Å²) in [7, 11) is 0. The highest BCUT2D eigenvalue weighted by Gasteiger charge is 2.15. The molecule has 0 aliphatic carbocycles. The molecule has 0 unspecified atom stereocenters. The fourth-order valence-electron chi connectivity index (χ4n) is 3.42. The Morgan fingerprint density at radius 1 is 1.19 bits per heavy atom. The first-order valence-corrected chi connectivity index (χ1v) is 9.44. The summed E-state index contributed by atoms with van der Waals surface area (Å²) in [5.74, 6) is 0.514. The summed E-state index contributed by atoms with van der Waals surface area (Å²) < 4.78 is 0. The lowest BCUT2D eigenvalue weighted by molar-refractivity contribution is 0.476. The summed E-state index contributed by atoms with van der Waals surface area (Å²) in [6.07, 6.45) is 0. The Labute approximate surface area is 167 Å². The highest BCUT2D eigenvalue weighted by molar-refractivity contribution is 7.15. The number of nitrogens with two attached hydrogens (primary N) is 1. The molecule has 1 atom stereocenters. The third kappa shape index (κ3) is 3.23. The summed E-state index contributed by atoms with van der Waals surface area (Å²) in [6, 6.07) is 11.7. The molecular formula is C21H21ClN2O2S. The van der Waals surface area contributed by atoms with Gasteiger partial charge in [0.1, 0.15) is 5.75 Å². The highest BCUT2D eigenvalue weighted by Crippen LogP contribution is 2.39. The van der Waals surface area contributed by atoms with Gasteiger partial charge in [0, 0.05) is 21.0 Å². The van der Waals surface area contributed by atoms with Crippen molar-refractivity contribution in [1.82, 2.24) is 4.98 Å². The van der Waals surface area contributed by atoms with E-state index in [4.69, 9.17) is 5.73 Å². The van der Waals surface area contributed by atoms with E-state index in [0.717, 1.165) is 32.3 Å². The number of hydrogen-bond acceptors (Lipinski definition) is 4. The molecule has 0 radical (unpaired) electrons. The molecule has 6 heteroatoms. The van der Waals surface area contributed by atoms with E-state index >= 15 is 0 Å². The van der Waals surface area contributed by atoms with E-state index in [1.165, 1.54) is 5.56 Å². The van der Waals surface area contributed by atoms with E-state index in [-0.39, 0.29) is 23.7 Å². The molecule has 4 aromatic rings. The number of rotatable bonds is 3. The van der Waals surface area contributed by atoms with Crippen molar-refractivity contribution >= 4 is 45.4 Å². The molecule has 2 aromatic carbocycles. The molecule has 0 amide bonds. The number of benzene rings is 2. The molecule has 0 aliphatic heterocycles. The zero-order valence-corrected chi connectivity index (χ0v) is 16.7. The molecule has 140 valence electrons. The van der Waals surface area contributed by atoms with Gasteiger partial charge in [-0.3, -0.25) is 4.79 Å². The number of aromatic amines is 1. The van der Waals surface area contributed by atoms with Crippen molar-refractivity contribution in [3.05, 3.63) is 63.3 Å². The topological polar surface area (TPSA) is 79.1 Å². The van der Waals surface area contributed by atoms with Crippen molar-refractivity contribution in [1.29, 1.82) is 0 Å². The number of fused-ring (bicyclic) bond motifs is 3. The van der Waals surface area contributed by atoms with E-state index in [1.54, 1.807) is 23.5 Å². The molecular weight excluding hydrogens is 380 g/mol. The van der Waals surface area contributed by atoms with Gasteiger partial charge in [0.2, 0.25) is 0 Å². The molecule has 0 aliphatic rings. The lowest BCUT2D eigenvalue weighted by Gasteiger charge is -2.10. The van der Waals surface area contributed by atoms with Crippen LogP contribution in [0, 0.1) is 6.92 Å². The molecule has 0 saturated heterocycles. The van der Waals surface area contributed by atoms with Gasteiger partial charge in [0.15, 0.2) is 0 Å². The van der Waals surface area contributed by atoms with E-state index < -0.39 is 0 Å². The summed E-state index contributed by atoms with van der Waals surface area (Å²) in [5.41, 5.74) is 9.54. The Morgan fingerprint density at radius 3 is 2.56 bits per heavy atom. The maximum absolute atomic E-state index is 12.5. The van der Waals surface area contributed by atoms with E-state index in [0.29, 0.717) is 17.8 Å². The predicted molar refractivity (Wildman–Crippen MR) is 117 cm³/mol. The van der Waals surface area contributed by atoms with Crippen LogP contribution < -0.4 is 11.3 Å². The van der Waals surface area contributed by atoms with E-state index in [2.05, 4.69) is 36.2 Å². The Balaban J connectivity index is 0.00000210. The number of H-pyrrole nitrogens is 1. The smallest absolute Gasteiger partial charge is 0.257 e. The quantitative estimate of drug-likeness (QED) is 0.457. The number of halogens is 1. The van der Waals surface area contributed by atoms with Gasteiger partial charge < -0.3 is 15.8 Å². The van der Waals surface area contributed by atoms with Gasteiger partial charge in [-0.15, -0.1) is 23.7 Å². The molecule has 0 spiro atoms. The minimum Gasteiger partial charge on any atom is -0.508 e. The van der Waals surface area contributed by atoms with Crippen LogP contribution >= 0.6 is 23.7 Å². The molecule has 2 aromatic heterocycles. The number of thiophene rings is 1. The van der Waals surface area contributed by atoms with Crippen molar-refractivity contribution < 1.29 is 5.11 Å². The maximum atomic E-state index is 12.5. The number of pyridine rings is 1. The van der Waals surface area contributed by atoms with Crippen LogP contribution in [0.25, 0.3) is 32.1 Å². The van der Waals surface area contributed by atoms with Crippen LogP contribution in [0.5, 0.6) is 5.75 Å². The molecule has 4 nitrogen and oxygen atoms in total. The standard InChI is InChI=1S/C21H20N2O2S.ClH/c1-11-7-15(24)8-16-18-17(21(25)23-19(11)16)10-26-20(18)14-5-3-13(4-6-14)12(2)9-22;/h3-8,10,12,24H,9,22H2,1-2H3,(H,23,25);1H/t12-;/m0./s1. The van der Waals surface area contributed by atoms with Crippen LogP contribution in [0.2, 0.25) is 0 Å². The Morgan fingerprint density at radius 2 is 1.89 bits per heavy atom. The zero-order valence-electron chi connectivity index (χ0n) is 15.1. The van der Waals surface area contributed by atoms with Crippen molar-refractivity contribution in [3.63, 3.8) is 0 Å². The molecule has 0 fully saturated rings. The van der Waals surface area contributed by atoms with Crippen LogP contribution in [0.4, 0.5) is 0 Å². The van der Waals surface area contributed by atoms with Gasteiger partial charge in [-0.25, -0.2) is 0 Å². The number of phenols is 1. The lowest BCUT2D eigenvalue weighted by atomic mass is 9.98. The summed E-state index contributed by atoms with van der Waals surface area (Å²) >= 11 is 1.55. The fourth-order valence-corrected chi connectivity index (χ4v) is 4.49. The van der Waals surface area contributed by atoms with Crippen molar-refractivity contribution in [2.75, 3.05) is 6.54 Å². The second-order valence-electron chi connectivity index (χ2n) is 6.75. The average molecular weight is 401 g/mol. The largest absolute Gasteiger partial charge is 0.508 e. The monoisotopic (exact) mass is 400 g/mol. The Kier molecular flexibility index (Phi) is 5.29. The van der Waals surface area contributed by atoms with Gasteiger partial charge in [-0.2, -0.15) is 0 Å². The van der Waals surface area contributed by atoms with Gasteiger partial charge in [-0.1, -0.05) is 31.2 Å². The summed E-state index contributed by atoms with van der Waals surface area (Å²) in [4.78, 5) is 16.5. The predicted octanol–water partition coefficient (Wildman–Crippen LogP) is 4.91. The first-order valence-electron chi connectivity index (χ1n) is 8.56. The number of aromatic nitrogens is 1. The zero-order chi connectivity index (χ0) is 18.4. The van der Waals surface area contributed by atoms with Gasteiger partial charge >= 0.3 is 0 Å². The van der Waals surface area contributed by atoms with Gasteiger partial charge in [0.25, 0.3) is 5.56 Å². The number of nitrogens with one attached hydrogen (secondary N) is 1. The number of hydrogen-bond donors (Lipinski definition) is 3. The second-order valence-corrected chi connectivity index (χ2v) is 7.63. The van der Waals surface area contributed by atoms with Gasteiger partial charge in [-0.05, 0) is 48.2 Å². The lowest BCUT2D eigenvalue weighted by Crippen LogP contribution is -2.08.